The Balaban J connectivity index is 3.21. The number of hydrogen-bond acceptors (Lipinski definition) is 2. The van der Waals surface area contributed by atoms with Gasteiger partial charge >= 0.3 is 0 Å². The molecule has 0 fully saturated rings. The van der Waals surface area contributed by atoms with Crippen LogP contribution in [0.3, 0.4) is 0 Å². The van der Waals surface area contributed by atoms with E-state index < -0.39 is 0 Å². The Labute approximate surface area is 72.9 Å². The van der Waals surface area contributed by atoms with Crippen molar-refractivity contribution in [3.8, 4) is 6.07 Å². The van der Waals surface area contributed by atoms with Gasteiger partial charge in [0, 0.05) is 23.0 Å². The summed E-state index contributed by atoms with van der Waals surface area (Å²) < 4.78 is 0. The third kappa shape index (κ3) is 1.27. The summed E-state index contributed by atoms with van der Waals surface area (Å²) in [6.45, 7) is 5.78. The van der Waals surface area contributed by atoms with E-state index in [-0.39, 0.29) is 11.2 Å². The largest absolute Gasteiger partial charge is 0.295 e. The fraction of sp³-hybridized carbons (Fsp3) is 0.600. The maximum atomic E-state index is 11.2. The highest BCUT2D eigenvalue weighted by Gasteiger charge is 2.32. The van der Waals surface area contributed by atoms with Crippen molar-refractivity contribution in [1.29, 1.82) is 5.26 Å². The maximum absolute atomic E-state index is 11.2. The third-order valence-electron chi connectivity index (χ3n) is 2.56. The number of hydrogen-bond donors (Lipinski definition) is 0. The summed E-state index contributed by atoms with van der Waals surface area (Å²) in [4.78, 5) is 11.2. The SMILES string of the molecule is CC1=C(C#N)C(C)(C)CC[13C]1=O. The van der Waals surface area contributed by atoms with Crippen LogP contribution in [0.25, 0.3) is 0 Å². The van der Waals surface area contributed by atoms with Gasteiger partial charge in [-0.3, -0.25) is 4.79 Å². The van der Waals surface area contributed by atoms with E-state index in [9.17, 15) is 4.79 Å². The van der Waals surface area contributed by atoms with Crippen molar-refractivity contribution in [2.45, 2.75) is 33.6 Å². The van der Waals surface area contributed by atoms with Crippen LogP contribution in [0.4, 0.5) is 0 Å². The lowest BCUT2D eigenvalue weighted by Crippen LogP contribution is -2.24. The predicted molar refractivity (Wildman–Crippen MR) is 46.3 cm³/mol. The average molecular weight is 164 g/mol. The van der Waals surface area contributed by atoms with Gasteiger partial charge in [0.05, 0.1) is 6.07 Å². The van der Waals surface area contributed by atoms with E-state index >= 15 is 0 Å². The van der Waals surface area contributed by atoms with Gasteiger partial charge in [-0.2, -0.15) is 5.26 Å². The highest BCUT2D eigenvalue weighted by molar-refractivity contribution is 5.97. The van der Waals surface area contributed by atoms with Crippen molar-refractivity contribution in [3.63, 3.8) is 0 Å². The van der Waals surface area contributed by atoms with E-state index in [0.717, 1.165) is 6.42 Å². The van der Waals surface area contributed by atoms with E-state index in [0.29, 0.717) is 17.6 Å². The zero-order valence-corrected chi connectivity index (χ0v) is 7.77. The number of allylic oxidation sites excluding steroid dienone is 2. The molecule has 0 heterocycles. The maximum Gasteiger partial charge on any atom is 0.159 e. The Kier molecular flexibility index (Phi) is 2.06. The molecule has 1 aliphatic carbocycles. The predicted octanol–water partition coefficient (Wildman–Crippen LogP) is 2.22. The number of Topliss-reactive ketones (excluding diaryl/α,β-unsaturated/α-hetero) is 1. The number of ketones is 1. The van der Waals surface area contributed by atoms with Crippen LogP contribution < -0.4 is 0 Å². The summed E-state index contributed by atoms with van der Waals surface area (Å²) in [5, 5.41) is 8.85. The van der Waals surface area contributed by atoms with Crippen molar-refractivity contribution in [1.82, 2.24) is 0 Å². The number of rotatable bonds is 0. The lowest BCUT2D eigenvalue weighted by molar-refractivity contribution is -0.116. The number of nitrogens with zero attached hydrogens (tertiary/aromatic N) is 1. The second kappa shape index (κ2) is 2.75. The summed E-state index contributed by atoms with van der Waals surface area (Å²) in [7, 11) is 0. The molecule has 0 radical (unpaired) electrons. The summed E-state index contributed by atoms with van der Waals surface area (Å²) in [6.07, 6.45) is 1.38. The van der Waals surface area contributed by atoms with Crippen molar-refractivity contribution in [2.24, 2.45) is 5.41 Å². The Morgan fingerprint density at radius 3 is 2.50 bits per heavy atom. The molecule has 12 heavy (non-hydrogen) atoms. The molecule has 0 aromatic heterocycles. The second-order valence-corrected chi connectivity index (χ2v) is 3.92. The minimum Gasteiger partial charge on any atom is -0.295 e. The topological polar surface area (TPSA) is 40.9 Å². The summed E-state index contributed by atoms with van der Waals surface area (Å²) in [5.41, 5.74) is 1.22. The van der Waals surface area contributed by atoms with Gasteiger partial charge < -0.3 is 0 Å². The van der Waals surface area contributed by atoms with Crippen molar-refractivity contribution in [2.75, 3.05) is 0 Å². The minimum atomic E-state index is -0.104. The zero-order chi connectivity index (χ0) is 9.35. The zero-order valence-electron chi connectivity index (χ0n) is 7.77. The van der Waals surface area contributed by atoms with Crippen LogP contribution in [0, 0.1) is 16.7 Å². The molecular formula is C10H13NO. The average Bonchev–Trinajstić information content (AvgIpc) is 1.99. The van der Waals surface area contributed by atoms with Gasteiger partial charge in [0.2, 0.25) is 0 Å². The molecule has 0 amide bonds. The third-order valence-corrected chi connectivity index (χ3v) is 2.56. The smallest absolute Gasteiger partial charge is 0.159 e. The molecule has 0 aliphatic heterocycles. The number of carbonyl (C=O) groups excluding carboxylic acids is 1. The molecule has 1 aliphatic rings. The molecule has 2 heteroatoms. The highest BCUT2D eigenvalue weighted by Crippen LogP contribution is 2.37. The van der Waals surface area contributed by atoms with E-state index in [1.165, 1.54) is 0 Å². The monoisotopic (exact) mass is 164 g/mol. The van der Waals surface area contributed by atoms with E-state index in [2.05, 4.69) is 6.07 Å². The normalized spacial score (nSPS) is 22.3. The Bertz CT molecular complexity index is 291. The van der Waals surface area contributed by atoms with Gasteiger partial charge in [-0.15, -0.1) is 0 Å². The molecule has 0 aromatic carbocycles. The van der Waals surface area contributed by atoms with Crippen molar-refractivity contribution in [3.05, 3.63) is 11.1 Å². The minimum absolute atomic E-state index is 0.104. The van der Waals surface area contributed by atoms with Gasteiger partial charge in [0.15, 0.2) is 5.78 Å². The van der Waals surface area contributed by atoms with E-state index in [1.807, 2.05) is 13.8 Å². The second-order valence-electron chi connectivity index (χ2n) is 3.92. The molecule has 0 saturated heterocycles. The van der Waals surface area contributed by atoms with Crippen molar-refractivity contribution < 1.29 is 4.79 Å². The first-order valence-electron chi connectivity index (χ1n) is 4.13. The summed E-state index contributed by atoms with van der Waals surface area (Å²) >= 11 is 0. The first kappa shape index (κ1) is 8.99. The molecule has 0 bridgehead atoms. The molecule has 0 saturated carbocycles. The fourth-order valence-electron chi connectivity index (χ4n) is 1.62. The Morgan fingerprint density at radius 1 is 1.50 bits per heavy atom. The summed E-state index contributed by atoms with van der Waals surface area (Å²) in [6, 6.07) is 2.13. The lowest BCUT2D eigenvalue weighted by atomic mass is 9.77. The molecule has 2 nitrogen and oxygen atoms in total. The molecule has 0 spiro atoms. The standard InChI is InChI=1S/C10H13NO/c1-7-8(6-11)10(2,3)5-4-9(7)12/h4-5H2,1-3H3/i9+1. The Hall–Kier alpha value is -1.10. The van der Waals surface area contributed by atoms with Gasteiger partial charge in [-0.1, -0.05) is 13.8 Å². The molecular weight excluding hydrogens is 151 g/mol. The summed E-state index contributed by atoms with van der Waals surface area (Å²) in [5.74, 6) is 0.130. The van der Waals surface area contributed by atoms with Crippen LogP contribution in [-0.4, -0.2) is 5.78 Å². The number of carbonyl (C=O) groups is 1. The van der Waals surface area contributed by atoms with Gasteiger partial charge in [0.1, 0.15) is 0 Å². The van der Waals surface area contributed by atoms with Crippen LogP contribution >= 0.6 is 0 Å². The first-order valence-corrected chi connectivity index (χ1v) is 4.13. The quantitative estimate of drug-likeness (QED) is 0.515. The lowest BCUT2D eigenvalue weighted by Gasteiger charge is -2.29. The fourth-order valence-corrected chi connectivity index (χ4v) is 1.62. The van der Waals surface area contributed by atoms with Crippen LogP contribution in [0.2, 0.25) is 0 Å². The van der Waals surface area contributed by atoms with E-state index in [4.69, 9.17) is 5.26 Å². The van der Waals surface area contributed by atoms with Crippen LogP contribution in [-0.2, 0) is 4.79 Å². The molecule has 64 valence electrons. The van der Waals surface area contributed by atoms with Crippen LogP contribution in [0.15, 0.2) is 11.1 Å². The number of nitriles is 1. The van der Waals surface area contributed by atoms with Gasteiger partial charge in [-0.05, 0) is 13.3 Å². The van der Waals surface area contributed by atoms with Crippen LogP contribution in [0.5, 0.6) is 0 Å². The molecule has 0 atom stereocenters. The molecule has 0 N–H and O–H groups in total. The highest BCUT2D eigenvalue weighted by atomic mass is 16.2. The molecule has 0 aromatic rings. The first-order chi connectivity index (χ1) is 5.49. The molecule has 0 unspecified atom stereocenters. The van der Waals surface area contributed by atoms with Gasteiger partial charge in [-0.25, -0.2) is 0 Å². The van der Waals surface area contributed by atoms with Crippen LogP contribution in [0.1, 0.15) is 33.6 Å². The Morgan fingerprint density at radius 2 is 2.08 bits per heavy atom. The van der Waals surface area contributed by atoms with Crippen molar-refractivity contribution >= 4 is 5.78 Å². The van der Waals surface area contributed by atoms with E-state index in [1.54, 1.807) is 6.92 Å². The molecule has 1 rings (SSSR count). The van der Waals surface area contributed by atoms with Gasteiger partial charge in [0.25, 0.3) is 0 Å².